The molecule has 1 fully saturated rings. The highest BCUT2D eigenvalue weighted by molar-refractivity contribution is 6.30. The topological polar surface area (TPSA) is 52.5 Å². The summed E-state index contributed by atoms with van der Waals surface area (Å²) in [6.07, 6.45) is 3.64. The first-order chi connectivity index (χ1) is 8.63. The van der Waals surface area contributed by atoms with Crippen LogP contribution >= 0.6 is 11.6 Å². The lowest BCUT2D eigenvalue weighted by Gasteiger charge is -2.36. The quantitative estimate of drug-likeness (QED) is 0.835. The molecule has 0 spiro atoms. The van der Waals surface area contributed by atoms with Gasteiger partial charge in [0.05, 0.1) is 12.2 Å². The van der Waals surface area contributed by atoms with Gasteiger partial charge in [0.2, 0.25) is 0 Å². The Hall–Kier alpha value is -0.910. The molecule has 0 amide bonds. The van der Waals surface area contributed by atoms with E-state index in [-0.39, 0.29) is 6.61 Å². The summed E-state index contributed by atoms with van der Waals surface area (Å²) < 4.78 is 0. The van der Waals surface area contributed by atoms with E-state index in [4.69, 9.17) is 11.6 Å². The third-order valence-electron chi connectivity index (χ3n) is 3.60. The minimum atomic E-state index is -0.133. The Kier molecular flexibility index (Phi) is 4.37. The second-order valence-electron chi connectivity index (χ2n) is 4.77. The zero-order valence-electron chi connectivity index (χ0n) is 10.8. The van der Waals surface area contributed by atoms with Gasteiger partial charge in [-0.15, -0.1) is 0 Å². The van der Waals surface area contributed by atoms with E-state index in [9.17, 15) is 5.11 Å². The van der Waals surface area contributed by atoms with Crippen LogP contribution in [0.2, 0.25) is 5.15 Å². The van der Waals surface area contributed by atoms with Crippen LogP contribution in [0.1, 0.15) is 18.4 Å². The Morgan fingerprint density at radius 1 is 1.44 bits per heavy atom. The Morgan fingerprint density at radius 3 is 2.72 bits per heavy atom. The van der Waals surface area contributed by atoms with Crippen molar-refractivity contribution in [1.82, 2.24) is 14.9 Å². The normalized spacial score (nSPS) is 18.0. The van der Waals surface area contributed by atoms with E-state index in [1.165, 1.54) is 6.33 Å². The van der Waals surface area contributed by atoms with Crippen molar-refractivity contribution >= 4 is 17.4 Å². The third kappa shape index (κ3) is 2.74. The van der Waals surface area contributed by atoms with Crippen LogP contribution in [-0.4, -0.2) is 53.2 Å². The van der Waals surface area contributed by atoms with Gasteiger partial charge in [-0.2, -0.15) is 0 Å². The molecule has 0 aliphatic carbocycles. The Morgan fingerprint density at radius 2 is 2.11 bits per heavy atom. The van der Waals surface area contributed by atoms with Crippen molar-refractivity contribution in [3.8, 4) is 0 Å². The molecular formula is C12H19ClN4O. The molecule has 0 radical (unpaired) electrons. The van der Waals surface area contributed by atoms with Gasteiger partial charge in [0, 0.05) is 13.1 Å². The number of hydrogen-bond acceptors (Lipinski definition) is 5. The average Bonchev–Trinajstić information content (AvgIpc) is 2.38. The number of likely N-dealkylation sites (tertiary alicyclic amines) is 1. The lowest BCUT2D eigenvalue weighted by Crippen LogP contribution is -2.42. The lowest BCUT2D eigenvalue weighted by atomic mass is 10.0. The van der Waals surface area contributed by atoms with Crippen molar-refractivity contribution in [2.45, 2.75) is 25.5 Å². The molecule has 2 heterocycles. The molecule has 1 aromatic rings. The molecule has 0 aromatic carbocycles. The Balaban J connectivity index is 2.18. The van der Waals surface area contributed by atoms with Gasteiger partial charge in [0.15, 0.2) is 0 Å². The summed E-state index contributed by atoms with van der Waals surface area (Å²) in [4.78, 5) is 12.6. The van der Waals surface area contributed by atoms with E-state index in [1.807, 2.05) is 7.05 Å². The molecule has 1 aliphatic rings. The fourth-order valence-electron chi connectivity index (χ4n) is 2.38. The zero-order chi connectivity index (χ0) is 13.1. The smallest absolute Gasteiger partial charge is 0.140 e. The van der Waals surface area contributed by atoms with Gasteiger partial charge in [-0.3, -0.25) is 0 Å². The summed E-state index contributed by atoms with van der Waals surface area (Å²) in [5.74, 6) is 0.743. The monoisotopic (exact) mass is 270 g/mol. The predicted molar refractivity (Wildman–Crippen MR) is 71.9 cm³/mol. The van der Waals surface area contributed by atoms with E-state index in [0.717, 1.165) is 31.7 Å². The molecule has 1 aliphatic heterocycles. The van der Waals surface area contributed by atoms with Crippen LogP contribution in [0.3, 0.4) is 0 Å². The van der Waals surface area contributed by atoms with Crippen molar-refractivity contribution in [3.05, 3.63) is 17.0 Å². The maximum Gasteiger partial charge on any atom is 0.140 e. The van der Waals surface area contributed by atoms with E-state index in [2.05, 4.69) is 26.8 Å². The fourth-order valence-corrected chi connectivity index (χ4v) is 2.57. The van der Waals surface area contributed by atoms with Gasteiger partial charge in [-0.05, 0) is 33.0 Å². The molecule has 0 bridgehead atoms. The minimum absolute atomic E-state index is 0.133. The number of nitrogens with zero attached hydrogens (tertiary/aromatic N) is 4. The van der Waals surface area contributed by atoms with Gasteiger partial charge in [0.25, 0.3) is 0 Å². The van der Waals surface area contributed by atoms with Gasteiger partial charge in [-0.25, -0.2) is 9.97 Å². The summed E-state index contributed by atoms with van der Waals surface area (Å²) in [7, 11) is 4.14. The molecule has 1 N–H and O–H groups in total. The highest BCUT2D eigenvalue weighted by atomic mass is 35.5. The van der Waals surface area contributed by atoms with Crippen molar-refractivity contribution in [3.63, 3.8) is 0 Å². The first kappa shape index (κ1) is 13.5. The Bertz CT molecular complexity index is 407. The molecule has 2 rings (SSSR count). The number of aromatic nitrogens is 2. The van der Waals surface area contributed by atoms with E-state index >= 15 is 0 Å². The summed E-state index contributed by atoms with van der Waals surface area (Å²) in [5, 5.41) is 9.72. The second kappa shape index (κ2) is 5.82. The van der Waals surface area contributed by atoms with Crippen molar-refractivity contribution < 1.29 is 5.11 Å². The number of aliphatic hydroxyl groups is 1. The maximum absolute atomic E-state index is 9.39. The largest absolute Gasteiger partial charge is 0.391 e. The number of rotatable bonds is 3. The standard InChI is InChI=1S/C12H19ClN4O/c1-16-5-3-9(4-6-16)17(2)12-10(7-18)11(13)14-8-15-12/h8-9,18H,3-7H2,1-2H3. The zero-order valence-corrected chi connectivity index (χ0v) is 11.6. The minimum Gasteiger partial charge on any atom is -0.391 e. The van der Waals surface area contributed by atoms with Crippen molar-refractivity contribution in [2.24, 2.45) is 0 Å². The van der Waals surface area contributed by atoms with Crippen LogP contribution in [0.5, 0.6) is 0 Å². The predicted octanol–water partition coefficient (Wildman–Crippen LogP) is 1.15. The van der Waals surface area contributed by atoms with Crippen LogP contribution < -0.4 is 4.90 Å². The second-order valence-corrected chi connectivity index (χ2v) is 5.13. The molecular weight excluding hydrogens is 252 g/mol. The average molecular weight is 271 g/mol. The summed E-state index contributed by atoms with van der Waals surface area (Å²) in [6, 6.07) is 0.442. The highest BCUT2D eigenvalue weighted by Gasteiger charge is 2.23. The lowest BCUT2D eigenvalue weighted by molar-refractivity contribution is 0.251. The molecule has 100 valence electrons. The first-order valence-electron chi connectivity index (χ1n) is 6.15. The van der Waals surface area contributed by atoms with Crippen molar-refractivity contribution in [2.75, 3.05) is 32.1 Å². The van der Waals surface area contributed by atoms with Crippen LogP contribution in [0, 0.1) is 0 Å². The number of halogens is 1. The fraction of sp³-hybridized carbons (Fsp3) is 0.667. The molecule has 1 aromatic heterocycles. The number of anilines is 1. The summed E-state index contributed by atoms with van der Waals surface area (Å²) in [5.41, 5.74) is 0.612. The van der Waals surface area contributed by atoms with Crippen molar-refractivity contribution in [1.29, 1.82) is 0 Å². The van der Waals surface area contributed by atoms with Gasteiger partial charge in [-0.1, -0.05) is 11.6 Å². The molecule has 0 atom stereocenters. The molecule has 1 saturated heterocycles. The SMILES string of the molecule is CN1CCC(N(C)c2ncnc(Cl)c2CO)CC1. The molecule has 0 unspecified atom stereocenters. The van der Waals surface area contributed by atoms with Crippen LogP contribution in [0.4, 0.5) is 5.82 Å². The third-order valence-corrected chi connectivity index (χ3v) is 3.92. The number of hydrogen-bond donors (Lipinski definition) is 1. The van der Waals surface area contributed by atoms with E-state index in [0.29, 0.717) is 16.8 Å². The van der Waals surface area contributed by atoms with Gasteiger partial charge < -0.3 is 14.9 Å². The summed E-state index contributed by atoms with van der Waals surface area (Å²) >= 11 is 5.99. The molecule has 5 nitrogen and oxygen atoms in total. The van der Waals surface area contributed by atoms with Gasteiger partial charge in [0.1, 0.15) is 17.3 Å². The van der Waals surface area contributed by atoms with E-state index < -0.39 is 0 Å². The van der Waals surface area contributed by atoms with Crippen LogP contribution in [0.15, 0.2) is 6.33 Å². The highest BCUT2D eigenvalue weighted by Crippen LogP contribution is 2.26. The number of piperidine rings is 1. The first-order valence-corrected chi connectivity index (χ1v) is 6.53. The molecule has 0 saturated carbocycles. The van der Waals surface area contributed by atoms with E-state index in [1.54, 1.807) is 0 Å². The Labute approximate surface area is 112 Å². The number of aliphatic hydroxyl groups excluding tert-OH is 1. The van der Waals surface area contributed by atoms with Gasteiger partial charge >= 0.3 is 0 Å². The maximum atomic E-state index is 9.39. The summed E-state index contributed by atoms with van der Waals surface area (Å²) in [6.45, 7) is 2.04. The van der Waals surface area contributed by atoms with Crippen LogP contribution in [-0.2, 0) is 6.61 Å². The molecule has 6 heteroatoms. The van der Waals surface area contributed by atoms with Crippen LogP contribution in [0.25, 0.3) is 0 Å². The molecule has 18 heavy (non-hydrogen) atoms.